The predicted molar refractivity (Wildman–Crippen MR) is 112 cm³/mol. The van der Waals surface area contributed by atoms with Crippen LogP contribution in [0.2, 0.25) is 0 Å². The van der Waals surface area contributed by atoms with Crippen molar-refractivity contribution >= 4 is 28.8 Å². The van der Waals surface area contributed by atoms with Gasteiger partial charge < -0.3 is 10.2 Å². The van der Waals surface area contributed by atoms with E-state index in [0.717, 1.165) is 11.0 Å². The van der Waals surface area contributed by atoms with Gasteiger partial charge in [0.15, 0.2) is 0 Å². The first kappa shape index (κ1) is 19.8. The molecule has 3 aromatic carbocycles. The molecule has 8 heteroatoms. The van der Waals surface area contributed by atoms with Crippen molar-refractivity contribution in [3.05, 3.63) is 106 Å². The Balaban J connectivity index is 1.96. The molecular formula is C23H16N2O6. The smallest absolute Gasteiger partial charge is 0.300 e. The largest absolute Gasteiger partial charge is 0.507 e. The van der Waals surface area contributed by atoms with Crippen molar-refractivity contribution in [1.82, 2.24) is 0 Å². The summed E-state index contributed by atoms with van der Waals surface area (Å²) in [6, 6.07) is 18.8. The highest BCUT2D eigenvalue weighted by Crippen LogP contribution is 2.44. The number of nitro benzene ring substituents is 1. The van der Waals surface area contributed by atoms with Crippen molar-refractivity contribution in [3.63, 3.8) is 0 Å². The summed E-state index contributed by atoms with van der Waals surface area (Å²) < 4.78 is 0. The number of aliphatic hydroxyl groups excluding tert-OH is 1. The van der Waals surface area contributed by atoms with Gasteiger partial charge in [-0.3, -0.25) is 24.6 Å². The minimum atomic E-state index is -1.03. The van der Waals surface area contributed by atoms with Crippen molar-refractivity contribution in [3.8, 4) is 5.75 Å². The monoisotopic (exact) mass is 416 g/mol. The standard InChI is InChI=1S/C23H16N2O6/c26-18-12-5-4-11-17(18)24-20(14-7-2-1-3-8-14)19(22(28)23(24)29)21(27)15-9-6-10-16(13-15)25(30)31/h1-13,20,26-27H/b21-19-. The van der Waals surface area contributed by atoms with Gasteiger partial charge in [-0.15, -0.1) is 0 Å². The number of nitro groups is 1. The molecule has 4 rings (SSSR count). The number of carbonyl (C=O) groups is 2. The molecule has 0 aromatic heterocycles. The number of anilines is 1. The van der Waals surface area contributed by atoms with Crippen LogP contribution < -0.4 is 4.90 Å². The second-order valence-corrected chi connectivity index (χ2v) is 6.88. The van der Waals surface area contributed by atoms with E-state index in [9.17, 15) is 29.9 Å². The van der Waals surface area contributed by atoms with E-state index in [1.54, 1.807) is 42.5 Å². The van der Waals surface area contributed by atoms with E-state index in [2.05, 4.69) is 0 Å². The molecule has 1 saturated heterocycles. The first-order valence-electron chi connectivity index (χ1n) is 9.29. The number of aliphatic hydroxyl groups is 1. The number of hydrogen-bond acceptors (Lipinski definition) is 6. The Morgan fingerprint density at radius 3 is 2.29 bits per heavy atom. The number of phenolic OH excluding ortho intramolecular Hbond substituents is 1. The fourth-order valence-corrected chi connectivity index (χ4v) is 3.62. The molecule has 2 N–H and O–H groups in total. The quantitative estimate of drug-likeness (QED) is 0.219. The van der Waals surface area contributed by atoms with Crippen molar-refractivity contribution in [1.29, 1.82) is 0 Å². The molecule has 8 nitrogen and oxygen atoms in total. The van der Waals surface area contributed by atoms with Gasteiger partial charge in [0, 0.05) is 17.7 Å². The van der Waals surface area contributed by atoms with E-state index in [4.69, 9.17) is 0 Å². The van der Waals surface area contributed by atoms with Gasteiger partial charge in [-0.25, -0.2) is 0 Å². The number of amides is 1. The molecule has 1 aliphatic rings. The number of non-ortho nitro benzene ring substituents is 1. The SMILES string of the molecule is O=C1C(=O)N(c2ccccc2O)C(c2ccccc2)/C1=C(/O)c1cccc([N+](=O)[O-])c1. The summed E-state index contributed by atoms with van der Waals surface area (Å²) in [6.07, 6.45) is 0. The second-order valence-electron chi connectivity index (χ2n) is 6.88. The van der Waals surface area contributed by atoms with Crippen molar-refractivity contribution in [2.75, 3.05) is 4.90 Å². The Morgan fingerprint density at radius 1 is 0.935 bits per heavy atom. The number of rotatable bonds is 4. The maximum Gasteiger partial charge on any atom is 0.300 e. The van der Waals surface area contributed by atoms with Gasteiger partial charge in [-0.05, 0) is 17.7 Å². The number of phenols is 1. The van der Waals surface area contributed by atoms with E-state index in [0.29, 0.717) is 5.56 Å². The lowest BCUT2D eigenvalue weighted by Gasteiger charge is -2.26. The molecule has 0 saturated carbocycles. The van der Waals surface area contributed by atoms with Crippen molar-refractivity contribution < 1.29 is 24.7 Å². The highest BCUT2D eigenvalue weighted by molar-refractivity contribution is 6.51. The molecule has 31 heavy (non-hydrogen) atoms. The summed E-state index contributed by atoms with van der Waals surface area (Å²) in [5.74, 6) is -2.63. The molecule has 3 aromatic rings. The molecule has 1 aliphatic heterocycles. The molecule has 154 valence electrons. The minimum Gasteiger partial charge on any atom is -0.507 e. The molecule has 1 fully saturated rings. The Kier molecular flexibility index (Phi) is 4.96. The molecular weight excluding hydrogens is 400 g/mol. The van der Waals surface area contributed by atoms with Crippen LogP contribution in [0.1, 0.15) is 17.2 Å². The summed E-state index contributed by atoms with van der Waals surface area (Å²) in [4.78, 5) is 37.6. The molecule has 0 radical (unpaired) electrons. The summed E-state index contributed by atoms with van der Waals surface area (Å²) in [5.41, 5.74) is 0.175. The van der Waals surface area contributed by atoms with Crippen LogP contribution in [0.4, 0.5) is 11.4 Å². The average molecular weight is 416 g/mol. The third-order valence-corrected chi connectivity index (χ3v) is 5.03. The normalized spacial score (nSPS) is 17.7. The molecule has 1 unspecified atom stereocenters. The lowest BCUT2D eigenvalue weighted by molar-refractivity contribution is -0.384. The van der Waals surface area contributed by atoms with Crippen LogP contribution in [0.15, 0.2) is 84.4 Å². The number of aromatic hydroxyl groups is 1. The zero-order valence-electron chi connectivity index (χ0n) is 16.0. The number of para-hydroxylation sites is 2. The molecule has 0 spiro atoms. The van der Waals surface area contributed by atoms with Gasteiger partial charge in [0.2, 0.25) is 0 Å². The molecule has 1 heterocycles. The Hall–Kier alpha value is -4.46. The molecule has 0 bridgehead atoms. The van der Waals surface area contributed by atoms with Crippen molar-refractivity contribution in [2.24, 2.45) is 0 Å². The number of carbonyl (C=O) groups excluding carboxylic acids is 2. The van der Waals surface area contributed by atoms with E-state index in [1.807, 2.05) is 0 Å². The minimum absolute atomic E-state index is 0.0328. The number of Topliss-reactive ketones (excluding diaryl/α,β-unsaturated/α-hetero) is 1. The van der Waals surface area contributed by atoms with Crippen LogP contribution in [0, 0.1) is 10.1 Å². The molecule has 1 atom stereocenters. The highest BCUT2D eigenvalue weighted by atomic mass is 16.6. The van der Waals surface area contributed by atoms with Crippen molar-refractivity contribution in [2.45, 2.75) is 6.04 Å². The Morgan fingerprint density at radius 2 is 1.61 bits per heavy atom. The van der Waals surface area contributed by atoms with Crippen LogP contribution in [0.3, 0.4) is 0 Å². The van der Waals surface area contributed by atoms with E-state index < -0.39 is 28.4 Å². The topological polar surface area (TPSA) is 121 Å². The van der Waals surface area contributed by atoms with Crippen LogP contribution in [0.25, 0.3) is 5.76 Å². The van der Waals surface area contributed by atoms with Gasteiger partial charge in [0.05, 0.1) is 22.2 Å². The van der Waals surface area contributed by atoms with Gasteiger partial charge >= 0.3 is 0 Å². The number of nitrogens with zero attached hydrogens (tertiary/aromatic N) is 2. The molecule has 1 amide bonds. The van der Waals surface area contributed by atoms with E-state index in [-0.39, 0.29) is 28.3 Å². The third kappa shape index (κ3) is 3.40. The van der Waals surface area contributed by atoms with Crippen LogP contribution >= 0.6 is 0 Å². The van der Waals surface area contributed by atoms with Crippen LogP contribution in [-0.4, -0.2) is 26.8 Å². The number of hydrogen-bond donors (Lipinski definition) is 2. The van der Waals surface area contributed by atoms with Gasteiger partial charge in [-0.2, -0.15) is 0 Å². The summed E-state index contributed by atoms with van der Waals surface area (Å²) >= 11 is 0. The second kappa shape index (κ2) is 7.75. The summed E-state index contributed by atoms with van der Waals surface area (Å²) in [6.45, 7) is 0. The fraction of sp³-hybridized carbons (Fsp3) is 0.0435. The maximum absolute atomic E-state index is 13.0. The number of benzene rings is 3. The first-order chi connectivity index (χ1) is 14.9. The fourth-order valence-electron chi connectivity index (χ4n) is 3.62. The molecule has 0 aliphatic carbocycles. The van der Waals surface area contributed by atoms with Gasteiger partial charge in [0.1, 0.15) is 11.5 Å². The highest BCUT2D eigenvalue weighted by Gasteiger charge is 2.47. The first-order valence-corrected chi connectivity index (χ1v) is 9.29. The third-order valence-electron chi connectivity index (χ3n) is 5.03. The Bertz CT molecular complexity index is 1240. The predicted octanol–water partition coefficient (Wildman–Crippen LogP) is 3.93. The Labute approximate surface area is 176 Å². The van der Waals surface area contributed by atoms with Gasteiger partial charge in [0.25, 0.3) is 17.4 Å². The summed E-state index contributed by atoms with van der Waals surface area (Å²) in [5, 5.41) is 32.4. The summed E-state index contributed by atoms with van der Waals surface area (Å²) in [7, 11) is 0. The van der Waals surface area contributed by atoms with Crippen LogP contribution in [-0.2, 0) is 9.59 Å². The van der Waals surface area contributed by atoms with Crippen LogP contribution in [0.5, 0.6) is 5.75 Å². The lowest BCUT2D eigenvalue weighted by atomic mass is 9.95. The average Bonchev–Trinajstić information content (AvgIpc) is 3.05. The van der Waals surface area contributed by atoms with E-state index >= 15 is 0 Å². The zero-order valence-corrected chi connectivity index (χ0v) is 16.0. The zero-order chi connectivity index (χ0) is 22.1. The lowest BCUT2D eigenvalue weighted by Crippen LogP contribution is -2.29. The van der Waals surface area contributed by atoms with E-state index in [1.165, 1.54) is 30.3 Å². The maximum atomic E-state index is 13.0. The van der Waals surface area contributed by atoms with Gasteiger partial charge in [-0.1, -0.05) is 54.6 Å². The number of ketones is 1.